The van der Waals surface area contributed by atoms with E-state index in [2.05, 4.69) is 31.1 Å². The van der Waals surface area contributed by atoms with Crippen LogP contribution in [0.4, 0.5) is 0 Å². The van der Waals surface area contributed by atoms with Crippen LogP contribution in [-0.4, -0.2) is 9.38 Å². The molecule has 2 aromatic rings. The Balaban J connectivity index is 2.86. The Morgan fingerprint density at radius 2 is 2.09 bits per heavy atom. The van der Waals surface area contributed by atoms with Crippen molar-refractivity contribution in [1.29, 1.82) is 0 Å². The van der Waals surface area contributed by atoms with Crippen LogP contribution in [0, 0.1) is 13.8 Å². The molecule has 0 aliphatic carbocycles. The van der Waals surface area contributed by atoms with Crippen LogP contribution >= 0.6 is 0 Å². The second-order valence-electron chi connectivity index (χ2n) is 2.87. The first-order chi connectivity index (χ1) is 5.27. The van der Waals surface area contributed by atoms with Crippen LogP contribution in [-0.2, 0) is 0 Å². The van der Waals surface area contributed by atoms with Crippen molar-refractivity contribution in [1.82, 2.24) is 9.38 Å². The molecule has 0 unspecified atom stereocenters. The average molecular weight is 146 g/mol. The van der Waals surface area contributed by atoms with E-state index >= 15 is 0 Å². The summed E-state index contributed by atoms with van der Waals surface area (Å²) >= 11 is 0. The van der Waals surface area contributed by atoms with Gasteiger partial charge in [0, 0.05) is 6.20 Å². The van der Waals surface area contributed by atoms with Crippen molar-refractivity contribution in [3.8, 4) is 0 Å². The molecule has 11 heavy (non-hydrogen) atoms. The smallest absolute Gasteiger partial charge is 0.0992 e. The third-order valence-corrected chi connectivity index (χ3v) is 2.02. The minimum absolute atomic E-state index is 1.16. The first-order valence-electron chi connectivity index (χ1n) is 3.66. The SMILES string of the molecule is Cc1cc2cncn2cc1C. The highest BCUT2D eigenvalue weighted by Crippen LogP contribution is 2.09. The molecule has 0 spiro atoms. The molecule has 2 rings (SSSR count). The number of hydrogen-bond donors (Lipinski definition) is 0. The molecule has 0 fully saturated rings. The molecule has 0 aliphatic rings. The second kappa shape index (κ2) is 2.09. The van der Waals surface area contributed by atoms with Gasteiger partial charge < -0.3 is 4.40 Å². The van der Waals surface area contributed by atoms with E-state index in [4.69, 9.17) is 0 Å². The number of fused-ring (bicyclic) bond motifs is 1. The van der Waals surface area contributed by atoms with E-state index in [9.17, 15) is 0 Å². The Labute approximate surface area is 65.5 Å². The third kappa shape index (κ3) is 0.909. The maximum absolute atomic E-state index is 4.05. The summed E-state index contributed by atoms with van der Waals surface area (Å²) in [5, 5.41) is 0. The zero-order valence-corrected chi connectivity index (χ0v) is 6.70. The van der Waals surface area contributed by atoms with E-state index in [1.54, 1.807) is 0 Å². The molecule has 2 heterocycles. The van der Waals surface area contributed by atoms with Gasteiger partial charge in [0.15, 0.2) is 0 Å². The average Bonchev–Trinajstić information content (AvgIpc) is 2.36. The zero-order valence-electron chi connectivity index (χ0n) is 6.70. The summed E-state index contributed by atoms with van der Waals surface area (Å²) in [4.78, 5) is 4.05. The molecule has 2 aromatic heterocycles. The minimum atomic E-state index is 1.16. The van der Waals surface area contributed by atoms with Gasteiger partial charge in [-0.3, -0.25) is 0 Å². The van der Waals surface area contributed by atoms with Gasteiger partial charge in [0.05, 0.1) is 18.0 Å². The molecular formula is C9H10N2. The Bertz CT molecular complexity index is 351. The van der Waals surface area contributed by atoms with Crippen molar-refractivity contribution >= 4 is 5.52 Å². The van der Waals surface area contributed by atoms with Gasteiger partial charge in [-0.1, -0.05) is 0 Å². The van der Waals surface area contributed by atoms with Gasteiger partial charge in [0.2, 0.25) is 0 Å². The highest BCUT2D eigenvalue weighted by atomic mass is 15.0. The van der Waals surface area contributed by atoms with Crippen LogP contribution < -0.4 is 0 Å². The summed E-state index contributed by atoms with van der Waals surface area (Å²) in [7, 11) is 0. The predicted molar refractivity (Wildman–Crippen MR) is 44.7 cm³/mol. The van der Waals surface area contributed by atoms with E-state index in [-0.39, 0.29) is 0 Å². The first-order valence-corrected chi connectivity index (χ1v) is 3.66. The Kier molecular flexibility index (Phi) is 1.22. The molecule has 0 bridgehead atoms. The van der Waals surface area contributed by atoms with Crippen LogP contribution in [0.2, 0.25) is 0 Å². The fourth-order valence-corrected chi connectivity index (χ4v) is 1.18. The van der Waals surface area contributed by atoms with E-state index in [1.807, 2.05) is 16.9 Å². The number of hydrogen-bond acceptors (Lipinski definition) is 1. The lowest BCUT2D eigenvalue weighted by Crippen LogP contribution is -1.86. The highest BCUT2D eigenvalue weighted by molar-refractivity contribution is 5.48. The summed E-state index contributed by atoms with van der Waals surface area (Å²) in [5.41, 5.74) is 3.78. The van der Waals surface area contributed by atoms with Crippen molar-refractivity contribution in [2.45, 2.75) is 13.8 Å². The largest absolute Gasteiger partial charge is 0.306 e. The molecule has 2 nitrogen and oxygen atoms in total. The maximum atomic E-state index is 4.05. The summed E-state index contributed by atoms with van der Waals surface area (Å²) < 4.78 is 2.03. The monoisotopic (exact) mass is 146 g/mol. The number of aryl methyl sites for hydroxylation is 2. The number of rotatable bonds is 0. The number of aromatic nitrogens is 2. The molecule has 0 radical (unpaired) electrons. The van der Waals surface area contributed by atoms with Crippen molar-refractivity contribution in [2.75, 3.05) is 0 Å². The van der Waals surface area contributed by atoms with Crippen molar-refractivity contribution in [3.05, 3.63) is 35.9 Å². The number of imidazole rings is 1. The van der Waals surface area contributed by atoms with Gasteiger partial charge in [0.25, 0.3) is 0 Å². The number of pyridine rings is 1. The molecule has 0 atom stereocenters. The minimum Gasteiger partial charge on any atom is -0.306 e. The molecule has 0 aliphatic heterocycles. The van der Waals surface area contributed by atoms with Crippen molar-refractivity contribution < 1.29 is 0 Å². The Hall–Kier alpha value is -1.31. The molecule has 0 amide bonds. The van der Waals surface area contributed by atoms with E-state index < -0.39 is 0 Å². The van der Waals surface area contributed by atoms with Crippen LogP contribution in [0.3, 0.4) is 0 Å². The fourth-order valence-electron chi connectivity index (χ4n) is 1.18. The quantitative estimate of drug-likeness (QED) is 0.555. The van der Waals surface area contributed by atoms with Gasteiger partial charge in [-0.2, -0.15) is 0 Å². The van der Waals surface area contributed by atoms with Crippen LogP contribution in [0.25, 0.3) is 5.52 Å². The first kappa shape index (κ1) is 6.40. The van der Waals surface area contributed by atoms with Crippen LogP contribution in [0.1, 0.15) is 11.1 Å². The predicted octanol–water partition coefficient (Wildman–Crippen LogP) is 1.95. The summed E-state index contributed by atoms with van der Waals surface area (Å²) in [5.74, 6) is 0. The van der Waals surface area contributed by atoms with Crippen LogP contribution in [0.15, 0.2) is 24.8 Å². The summed E-state index contributed by atoms with van der Waals surface area (Å²) in [6, 6.07) is 2.14. The van der Waals surface area contributed by atoms with Crippen molar-refractivity contribution in [3.63, 3.8) is 0 Å². The van der Waals surface area contributed by atoms with Gasteiger partial charge in [-0.25, -0.2) is 4.98 Å². The Morgan fingerprint density at radius 1 is 1.27 bits per heavy atom. The highest BCUT2D eigenvalue weighted by Gasteiger charge is 1.95. The summed E-state index contributed by atoms with van der Waals surface area (Å²) in [6.45, 7) is 4.22. The second-order valence-corrected chi connectivity index (χ2v) is 2.87. The van der Waals surface area contributed by atoms with Crippen molar-refractivity contribution in [2.24, 2.45) is 0 Å². The maximum Gasteiger partial charge on any atom is 0.0992 e. The zero-order chi connectivity index (χ0) is 7.84. The molecule has 56 valence electrons. The van der Waals surface area contributed by atoms with E-state index in [1.165, 1.54) is 11.1 Å². The van der Waals surface area contributed by atoms with Gasteiger partial charge >= 0.3 is 0 Å². The standard InChI is InChI=1S/C9H10N2/c1-7-3-9-4-10-6-11(9)5-8(7)2/h3-6H,1-2H3. The number of nitrogens with zero attached hydrogens (tertiary/aromatic N) is 2. The molecule has 2 heteroatoms. The normalized spacial score (nSPS) is 10.7. The third-order valence-electron chi connectivity index (χ3n) is 2.02. The molecular weight excluding hydrogens is 136 g/mol. The summed E-state index contributed by atoms with van der Waals surface area (Å²) in [6.07, 6.45) is 5.78. The molecule has 0 N–H and O–H groups in total. The van der Waals surface area contributed by atoms with Crippen LogP contribution in [0.5, 0.6) is 0 Å². The van der Waals surface area contributed by atoms with E-state index in [0.717, 1.165) is 5.52 Å². The van der Waals surface area contributed by atoms with Gasteiger partial charge in [-0.15, -0.1) is 0 Å². The topological polar surface area (TPSA) is 17.3 Å². The lowest BCUT2D eigenvalue weighted by Gasteiger charge is -1.99. The lowest BCUT2D eigenvalue weighted by molar-refractivity contribution is 1.12. The molecule has 0 saturated carbocycles. The Morgan fingerprint density at radius 3 is 2.91 bits per heavy atom. The van der Waals surface area contributed by atoms with E-state index in [0.29, 0.717) is 0 Å². The van der Waals surface area contributed by atoms with Gasteiger partial charge in [-0.05, 0) is 31.0 Å². The fraction of sp³-hybridized carbons (Fsp3) is 0.222. The lowest BCUT2D eigenvalue weighted by atomic mass is 10.2. The molecule has 0 aromatic carbocycles. The molecule has 0 saturated heterocycles. The van der Waals surface area contributed by atoms with Gasteiger partial charge in [0.1, 0.15) is 0 Å².